The van der Waals surface area contributed by atoms with Gasteiger partial charge in [-0.1, -0.05) is 6.07 Å². The topological polar surface area (TPSA) is 75.7 Å². The van der Waals surface area contributed by atoms with Crippen LogP contribution in [0.15, 0.2) is 47.4 Å². The average molecular weight is 360 g/mol. The van der Waals surface area contributed by atoms with Gasteiger partial charge in [0.2, 0.25) is 5.91 Å². The van der Waals surface area contributed by atoms with Crippen molar-refractivity contribution in [1.29, 1.82) is 0 Å². The van der Waals surface area contributed by atoms with Crippen molar-refractivity contribution < 1.29 is 17.9 Å². The molecule has 0 atom stereocenters. The fourth-order valence-electron chi connectivity index (χ4n) is 2.86. The maximum atomic E-state index is 12.5. The van der Waals surface area contributed by atoms with Crippen LogP contribution in [0.25, 0.3) is 0 Å². The van der Waals surface area contributed by atoms with Gasteiger partial charge in [-0.05, 0) is 53.9 Å². The van der Waals surface area contributed by atoms with Crippen molar-refractivity contribution in [2.24, 2.45) is 0 Å². The van der Waals surface area contributed by atoms with E-state index in [1.165, 1.54) is 19.2 Å². The molecule has 0 spiro atoms. The number of hydrogen-bond donors (Lipinski definition) is 1. The van der Waals surface area contributed by atoms with E-state index in [1.807, 2.05) is 6.07 Å². The molecule has 1 amide bonds. The number of carbonyl (C=O) groups is 1. The summed E-state index contributed by atoms with van der Waals surface area (Å²) in [6.45, 7) is 2.74. The highest BCUT2D eigenvalue weighted by Gasteiger charge is 2.20. The van der Waals surface area contributed by atoms with Crippen molar-refractivity contribution in [3.63, 3.8) is 0 Å². The van der Waals surface area contributed by atoms with E-state index in [0.29, 0.717) is 24.5 Å². The summed E-state index contributed by atoms with van der Waals surface area (Å²) in [7, 11) is -2.15. The monoisotopic (exact) mass is 360 g/mol. The Kier molecular flexibility index (Phi) is 4.67. The minimum absolute atomic E-state index is 0.0230. The van der Waals surface area contributed by atoms with Crippen LogP contribution >= 0.6 is 0 Å². The lowest BCUT2D eigenvalue weighted by Gasteiger charge is -2.28. The van der Waals surface area contributed by atoms with E-state index in [-0.39, 0.29) is 10.8 Å². The average Bonchev–Trinajstić information content (AvgIpc) is 2.60. The van der Waals surface area contributed by atoms with E-state index in [9.17, 15) is 13.2 Å². The fraction of sp³-hybridized carbons (Fsp3) is 0.278. The SMILES string of the molecule is COc1ccc(S(=O)(=O)Nc2ccc3c(c2)CN(C(C)=O)CC3)cc1. The zero-order chi connectivity index (χ0) is 18.0. The summed E-state index contributed by atoms with van der Waals surface area (Å²) in [6.07, 6.45) is 0.778. The zero-order valence-electron chi connectivity index (χ0n) is 14.2. The molecule has 132 valence electrons. The largest absolute Gasteiger partial charge is 0.497 e. The first-order valence-corrected chi connectivity index (χ1v) is 9.41. The van der Waals surface area contributed by atoms with E-state index >= 15 is 0 Å². The number of amides is 1. The molecule has 0 fully saturated rings. The maximum absolute atomic E-state index is 12.5. The van der Waals surface area contributed by atoms with Gasteiger partial charge in [-0.3, -0.25) is 9.52 Å². The number of methoxy groups -OCH3 is 1. The van der Waals surface area contributed by atoms with Gasteiger partial charge in [-0.25, -0.2) is 8.42 Å². The van der Waals surface area contributed by atoms with Gasteiger partial charge in [0.15, 0.2) is 0 Å². The third-order valence-electron chi connectivity index (χ3n) is 4.29. The molecule has 0 unspecified atom stereocenters. The number of fused-ring (bicyclic) bond motifs is 1. The van der Waals surface area contributed by atoms with E-state index in [0.717, 1.165) is 17.5 Å². The summed E-state index contributed by atoms with van der Waals surface area (Å²) in [5.41, 5.74) is 2.60. The minimum Gasteiger partial charge on any atom is -0.497 e. The molecule has 6 nitrogen and oxygen atoms in total. The van der Waals surface area contributed by atoms with Crippen LogP contribution in [0.2, 0.25) is 0 Å². The highest BCUT2D eigenvalue weighted by atomic mass is 32.2. The van der Waals surface area contributed by atoms with Gasteiger partial charge in [0.1, 0.15) is 5.75 Å². The Morgan fingerprint density at radius 2 is 1.84 bits per heavy atom. The van der Waals surface area contributed by atoms with Crippen LogP contribution in [0, 0.1) is 0 Å². The Morgan fingerprint density at radius 1 is 1.12 bits per heavy atom. The molecule has 3 rings (SSSR count). The number of sulfonamides is 1. The van der Waals surface area contributed by atoms with Gasteiger partial charge in [0, 0.05) is 25.7 Å². The van der Waals surface area contributed by atoms with Gasteiger partial charge >= 0.3 is 0 Å². The summed E-state index contributed by atoms with van der Waals surface area (Å²) < 4.78 is 32.7. The smallest absolute Gasteiger partial charge is 0.261 e. The van der Waals surface area contributed by atoms with Crippen LogP contribution in [0.1, 0.15) is 18.1 Å². The lowest BCUT2D eigenvalue weighted by atomic mass is 9.99. The lowest BCUT2D eigenvalue weighted by Crippen LogP contribution is -2.34. The molecule has 7 heteroatoms. The third-order valence-corrected chi connectivity index (χ3v) is 5.68. The third kappa shape index (κ3) is 3.76. The molecular formula is C18H20N2O4S. The van der Waals surface area contributed by atoms with Crippen molar-refractivity contribution in [3.05, 3.63) is 53.6 Å². The summed E-state index contributed by atoms with van der Waals surface area (Å²) in [4.78, 5) is 13.5. The molecule has 0 saturated heterocycles. The predicted octanol–water partition coefficient (Wildman–Crippen LogP) is 2.40. The standard InChI is InChI=1S/C18H20N2O4S/c1-13(21)20-10-9-14-3-4-16(11-15(14)12-20)19-25(22,23)18-7-5-17(24-2)6-8-18/h3-8,11,19H,9-10,12H2,1-2H3. The normalized spacial score (nSPS) is 13.9. The van der Waals surface area contributed by atoms with Gasteiger partial charge in [0.05, 0.1) is 12.0 Å². The molecule has 1 aliphatic heterocycles. The Bertz CT molecular complexity index is 892. The highest BCUT2D eigenvalue weighted by Crippen LogP contribution is 2.25. The van der Waals surface area contributed by atoms with Gasteiger partial charge in [0.25, 0.3) is 10.0 Å². The molecule has 1 heterocycles. The highest BCUT2D eigenvalue weighted by molar-refractivity contribution is 7.92. The second-order valence-electron chi connectivity index (χ2n) is 5.96. The van der Waals surface area contributed by atoms with Crippen molar-refractivity contribution in [1.82, 2.24) is 4.90 Å². The van der Waals surface area contributed by atoms with Gasteiger partial charge in [-0.2, -0.15) is 0 Å². The Balaban J connectivity index is 1.83. The summed E-state index contributed by atoms with van der Waals surface area (Å²) in [5, 5.41) is 0. The van der Waals surface area contributed by atoms with Gasteiger partial charge < -0.3 is 9.64 Å². The minimum atomic E-state index is -3.68. The van der Waals surface area contributed by atoms with Crippen molar-refractivity contribution in [2.45, 2.75) is 24.8 Å². The van der Waals surface area contributed by atoms with E-state index in [1.54, 1.807) is 36.1 Å². The van der Waals surface area contributed by atoms with Crippen LogP contribution in [0.3, 0.4) is 0 Å². The maximum Gasteiger partial charge on any atom is 0.261 e. The Morgan fingerprint density at radius 3 is 2.48 bits per heavy atom. The van der Waals surface area contributed by atoms with Crippen LogP contribution in [0.5, 0.6) is 5.75 Å². The molecule has 0 bridgehead atoms. The molecule has 0 aliphatic carbocycles. The molecule has 25 heavy (non-hydrogen) atoms. The number of hydrogen-bond acceptors (Lipinski definition) is 4. The number of carbonyl (C=O) groups excluding carboxylic acids is 1. The van der Waals surface area contributed by atoms with Crippen molar-refractivity contribution >= 4 is 21.6 Å². The quantitative estimate of drug-likeness (QED) is 0.908. The molecule has 0 radical (unpaired) electrons. The first kappa shape index (κ1) is 17.3. The van der Waals surface area contributed by atoms with Crippen LogP contribution in [-0.4, -0.2) is 32.9 Å². The van der Waals surface area contributed by atoms with Crippen molar-refractivity contribution in [3.8, 4) is 5.75 Å². The zero-order valence-corrected chi connectivity index (χ0v) is 15.0. The number of nitrogens with zero attached hydrogens (tertiary/aromatic N) is 1. The van der Waals surface area contributed by atoms with Gasteiger partial charge in [-0.15, -0.1) is 0 Å². The molecule has 2 aromatic carbocycles. The van der Waals surface area contributed by atoms with Crippen LogP contribution in [-0.2, 0) is 27.8 Å². The second-order valence-corrected chi connectivity index (χ2v) is 7.64. The molecule has 1 N–H and O–H groups in total. The van der Waals surface area contributed by atoms with Crippen LogP contribution in [0.4, 0.5) is 5.69 Å². The number of anilines is 1. The number of benzene rings is 2. The Hall–Kier alpha value is -2.54. The number of rotatable bonds is 4. The first-order chi connectivity index (χ1) is 11.9. The molecule has 0 saturated carbocycles. The summed E-state index contributed by atoms with van der Waals surface area (Å²) in [5.74, 6) is 0.618. The number of ether oxygens (including phenoxy) is 1. The van der Waals surface area contributed by atoms with E-state index < -0.39 is 10.0 Å². The predicted molar refractivity (Wildman–Crippen MR) is 95.0 cm³/mol. The lowest BCUT2D eigenvalue weighted by molar-refractivity contribution is -0.129. The van der Waals surface area contributed by atoms with Crippen molar-refractivity contribution in [2.75, 3.05) is 18.4 Å². The van der Waals surface area contributed by atoms with Crippen LogP contribution < -0.4 is 9.46 Å². The van der Waals surface area contributed by atoms with E-state index in [4.69, 9.17) is 4.74 Å². The second kappa shape index (κ2) is 6.76. The summed E-state index contributed by atoms with van der Waals surface area (Å²) in [6, 6.07) is 11.7. The Labute approximate surface area is 147 Å². The molecule has 2 aromatic rings. The molecule has 0 aromatic heterocycles. The summed E-state index contributed by atoms with van der Waals surface area (Å²) >= 11 is 0. The first-order valence-electron chi connectivity index (χ1n) is 7.93. The van der Waals surface area contributed by atoms with E-state index in [2.05, 4.69) is 4.72 Å². The molecular weight excluding hydrogens is 340 g/mol. The molecule has 1 aliphatic rings. The fourth-order valence-corrected chi connectivity index (χ4v) is 3.91. The number of nitrogens with one attached hydrogen (secondary N) is 1.